The van der Waals surface area contributed by atoms with Crippen LogP contribution in [0.2, 0.25) is 0 Å². The normalized spacial score (nSPS) is 12.0. The van der Waals surface area contributed by atoms with Crippen molar-refractivity contribution in [2.45, 2.75) is 13.0 Å². The smallest absolute Gasteiger partial charge is 0.319 e. The van der Waals surface area contributed by atoms with Crippen LogP contribution in [0.15, 0.2) is 53.0 Å². The summed E-state index contributed by atoms with van der Waals surface area (Å²) < 4.78 is 21.5. The Morgan fingerprint density at radius 3 is 2.87 bits per heavy atom. The number of hydrogen-bond donors (Lipinski definition) is 2. The highest BCUT2D eigenvalue weighted by Crippen LogP contribution is 2.31. The Labute approximate surface area is 184 Å². The average molecular weight is 497 g/mol. The summed E-state index contributed by atoms with van der Waals surface area (Å²) in [6.45, 7) is 1.89. The molecule has 2 amide bonds. The molecule has 1 atom stereocenters. The van der Waals surface area contributed by atoms with Crippen molar-refractivity contribution in [3.8, 4) is 11.7 Å². The van der Waals surface area contributed by atoms with Crippen molar-refractivity contribution < 1.29 is 13.9 Å². The van der Waals surface area contributed by atoms with Gasteiger partial charge in [0, 0.05) is 24.0 Å². The molecule has 3 aromatic rings. The number of nitrogens with zero attached hydrogens (tertiary/aromatic N) is 5. The van der Waals surface area contributed by atoms with E-state index in [0.29, 0.717) is 22.0 Å². The lowest BCUT2D eigenvalue weighted by atomic mass is 10.3. The zero-order valence-electron chi connectivity index (χ0n) is 15.6. The third-order valence-electron chi connectivity index (χ3n) is 3.74. The number of urea groups is 1. The molecule has 2 heterocycles. The van der Waals surface area contributed by atoms with Gasteiger partial charge >= 0.3 is 6.03 Å². The van der Waals surface area contributed by atoms with Gasteiger partial charge in [0.05, 0.1) is 16.2 Å². The maximum Gasteiger partial charge on any atom is 0.319 e. The zero-order chi connectivity index (χ0) is 21.5. The van der Waals surface area contributed by atoms with Gasteiger partial charge in [-0.1, -0.05) is 11.6 Å². The number of hydrogen-bond acceptors (Lipinski definition) is 6. The first kappa shape index (κ1) is 21.7. The van der Waals surface area contributed by atoms with Gasteiger partial charge in [0.1, 0.15) is 24.5 Å². The van der Waals surface area contributed by atoms with E-state index in [1.807, 2.05) is 0 Å². The lowest BCUT2D eigenvalue weighted by Gasteiger charge is -2.16. The second-order valence-electron chi connectivity index (χ2n) is 5.83. The molecule has 0 aliphatic heterocycles. The molecule has 156 valence electrons. The Balaban J connectivity index is 1.70. The molecule has 0 saturated carbocycles. The highest BCUT2D eigenvalue weighted by Gasteiger charge is 2.19. The summed E-state index contributed by atoms with van der Waals surface area (Å²) in [4.78, 5) is 24.8. The number of amides is 2. The minimum atomic E-state index is -0.640. The standard InChI is InChI=1S/C18H16BrClFN7O2/c1-11(16-24-10-25-28(16)17-22-5-3-6-23-17)26-18(29)27-14-9-15(30-7-2-4-20)12(19)8-13(14)21/h2-6,8-11H,7H2,1H3,(H2,26,27,29)/b4-2+/t11-/m0/s1. The van der Waals surface area contributed by atoms with E-state index >= 15 is 0 Å². The molecule has 0 aliphatic carbocycles. The Bertz CT molecular complexity index is 1050. The van der Waals surface area contributed by atoms with Gasteiger partial charge in [-0.3, -0.25) is 0 Å². The van der Waals surface area contributed by atoms with Crippen LogP contribution in [0.4, 0.5) is 14.9 Å². The van der Waals surface area contributed by atoms with Crippen molar-refractivity contribution in [1.29, 1.82) is 0 Å². The van der Waals surface area contributed by atoms with E-state index in [0.717, 1.165) is 0 Å². The molecule has 0 spiro atoms. The quantitative estimate of drug-likeness (QED) is 0.512. The molecule has 0 unspecified atom stereocenters. The molecule has 2 N–H and O–H groups in total. The third-order valence-corrected chi connectivity index (χ3v) is 4.54. The van der Waals surface area contributed by atoms with Gasteiger partial charge in [-0.15, -0.1) is 0 Å². The van der Waals surface area contributed by atoms with E-state index in [-0.39, 0.29) is 12.3 Å². The lowest BCUT2D eigenvalue weighted by Crippen LogP contribution is -2.33. The molecule has 0 saturated heterocycles. The number of nitrogens with one attached hydrogen (secondary N) is 2. The van der Waals surface area contributed by atoms with Crippen LogP contribution >= 0.6 is 27.5 Å². The van der Waals surface area contributed by atoms with Crippen LogP contribution in [0.25, 0.3) is 5.95 Å². The van der Waals surface area contributed by atoms with Crippen molar-refractivity contribution in [3.63, 3.8) is 0 Å². The number of rotatable bonds is 7. The van der Waals surface area contributed by atoms with Gasteiger partial charge in [0.2, 0.25) is 0 Å². The maximum absolute atomic E-state index is 14.3. The van der Waals surface area contributed by atoms with Gasteiger partial charge in [0.15, 0.2) is 5.82 Å². The van der Waals surface area contributed by atoms with Gasteiger partial charge in [0.25, 0.3) is 5.95 Å². The minimum absolute atomic E-state index is 0.0550. The number of carbonyl (C=O) groups excluding carboxylic acids is 1. The molecule has 3 rings (SSSR count). The number of halogens is 3. The average Bonchev–Trinajstić information content (AvgIpc) is 3.22. The molecule has 0 bridgehead atoms. The summed E-state index contributed by atoms with van der Waals surface area (Å²) in [5.74, 6) is 0.427. The summed E-state index contributed by atoms with van der Waals surface area (Å²) in [5.41, 5.74) is 1.26. The number of benzene rings is 1. The first-order valence-corrected chi connectivity index (χ1v) is 9.84. The largest absolute Gasteiger partial charge is 0.488 e. The highest BCUT2D eigenvalue weighted by molar-refractivity contribution is 9.10. The monoisotopic (exact) mass is 495 g/mol. The third kappa shape index (κ3) is 5.30. The molecule has 12 heteroatoms. The number of ether oxygens (including phenoxy) is 1. The summed E-state index contributed by atoms with van der Waals surface area (Å²) in [6, 6.07) is 3.03. The van der Waals surface area contributed by atoms with Crippen molar-refractivity contribution in [2.24, 2.45) is 0 Å². The van der Waals surface area contributed by atoms with Gasteiger partial charge < -0.3 is 15.4 Å². The Hall–Kier alpha value is -3.05. The molecule has 30 heavy (non-hydrogen) atoms. The Morgan fingerprint density at radius 1 is 1.37 bits per heavy atom. The fourth-order valence-corrected chi connectivity index (χ4v) is 2.93. The van der Waals surface area contributed by atoms with E-state index < -0.39 is 17.9 Å². The van der Waals surface area contributed by atoms with Crippen LogP contribution < -0.4 is 15.4 Å². The predicted molar refractivity (Wildman–Crippen MR) is 112 cm³/mol. The minimum Gasteiger partial charge on any atom is -0.488 e. The van der Waals surface area contributed by atoms with Crippen LogP contribution in [0.3, 0.4) is 0 Å². The molecule has 0 fully saturated rings. The van der Waals surface area contributed by atoms with E-state index in [9.17, 15) is 9.18 Å². The van der Waals surface area contributed by atoms with Crippen molar-refractivity contribution >= 4 is 39.2 Å². The Morgan fingerprint density at radius 2 is 2.13 bits per heavy atom. The van der Waals surface area contributed by atoms with E-state index in [4.69, 9.17) is 16.3 Å². The van der Waals surface area contributed by atoms with Crippen LogP contribution in [-0.4, -0.2) is 37.4 Å². The molecule has 0 aliphatic rings. The van der Waals surface area contributed by atoms with E-state index in [1.54, 1.807) is 31.5 Å². The van der Waals surface area contributed by atoms with Crippen molar-refractivity contribution in [2.75, 3.05) is 11.9 Å². The lowest BCUT2D eigenvalue weighted by molar-refractivity contribution is 0.248. The second-order valence-corrected chi connectivity index (χ2v) is 6.94. The van der Waals surface area contributed by atoms with Crippen molar-refractivity contribution in [3.05, 3.63) is 64.6 Å². The number of anilines is 1. The fourth-order valence-electron chi connectivity index (χ4n) is 2.43. The molecule has 0 radical (unpaired) electrons. The van der Waals surface area contributed by atoms with Crippen molar-refractivity contribution in [1.82, 2.24) is 30.0 Å². The van der Waals surface area contributed by atoms with Crippen LogP contribution in [0.1, 0.15) is 18.8 Å². The SMILES string of the molecule is C[C@H](NC(=O)Nc1cc(OC/C=C/Cl)c(Br)cc1F)c1ncnn1-c1ncccn1. The summed E-state index contributed by atoms with van der Waals surface area (Å²) >= 11 is 8.67. The van der Waals surface area contributed by atoms with Gasteiger partial charge in [-0.25, -0.2) is 24.1 Å². The number of carbonyl (C=O) groups is 1. The molecule has 2 aromatic heterocycles. The first-order chi connectivity index (χ1) is 14.5. The summed E-state index contributed by atoms with van der Waals surface area (Å²) in [5, 5.41) is 9.22. The van der Waals surface area contributed by atoms with Gasteiger partial charge in [-0.2, -0.15) is 9.78 Å². The first-order valence-electron chi connectivity index (χ1n) is 8.61. The maximum atomic E-state index is 14.3. The van der Waals surface area contributed by atoms with Crippen LogP contribution in [-0.2, 0) is 0 Å². The van der Waals surface area contributed by atoms with Crippen LogP contribution in [0.5, 0.6) is 5.75 Å². The molecular weight excluding hydrogens is 481 g/mol. The Kier molecular flexibility index (Phi) is 7.31. The number of aromatic nitrogens is 5. The van der Waals surface area contributed by atoms with Crippen LogP contribution in [0, 0.1) is 5.82 Å². The zero-order valence-corrected chi connectivity index (χ0v) is 17.9. The van der Waals surface area contributed by atoms with E-state index in [1.165, 1.54) is 28.7 Å². The summed E-state index contributed by atoms with van der Waals surface area (Å²) in [7, 11) is 0. The summed E-state index contributed by atoms with van der Waals surface area (Å²) in [6.07, 6.45) is 6.04. The highest BCUT2D eigenvalue weighted by atomic mass is 79.9. The predicted octanol–water partition coefficient (Wildman–Crippen LogP) is 3.97. The molecule has 9 nitrogen and oxygen atoms in total. The fraction of sp³-hybridized carbons (Fsp3) is 0.167. The second kappa shape index (κ2) is 10.1. The molecule has 1 aromatic carbocycles. The molecular formula is C18H16BrClFN7O2. The van der Waals surface area contributed by atoms with E-state index in [2.05, 4.69) is 46.6 Å². The topological polar surface area (TPSA) is 107 Å². The van der Waals surface area contributed by atoms with Gasteiger partial charge in [-0.05, 0) is 41.1 Å².